The fourth-order valence-electron chi connectivity index (χ4n) is 3.26. The smallest absolute Gasteiger partial charge is 0.272 e. The van der Waals surface area contributed by atoms with E-state index in [1.165, 1.54) is 17.5 Å². The normalized spacial score (nSPS) is 17.5. The van der Waals surface area contributed by atoms with Gasteiger partial charge in [0.1, 0.15) is 17.8 Å². The molecule has 1 fully saturated rings. The summed E-state index contributed by atoms with van der Waals surface area (Å²) in [7, 11) is 0. The standard InChI is InChI=1S/C18H20N4O2/c23-18(22-6-5-14-3-1-2-4-15(14)12-22)16-11-17(20-13-19-16)21-7-9-24-10-8-21/h1-4,11,13H,5-10,12H2. The second kappa shape index (κ2) is 6.57. The summed E-state index contributed by atoms with van der Waals surface area (Å²) in [6, 6.07) is 10.1. The van der Waals surface area contributed by atoms with E-state index in [-0.39, 0.29) is 5.91 Å². The van der Waals surface area contributed by atoms with E-state index >= 15 is 0 Å². The molecule has 2 aromatic rings. The molecule has 0 saturated carbocycles. The maximum absolute atomic E-state index is 12.8. The van der Waals surface area contributed by atoms with Crippen molar-refractivity contribution in [3.05, 3.63) is 53.5 Å². The Morgan fingerprint density at radius 1 is 1.04 bits per heavy atom. The minimum Gasteiger partial charge on any atom is -0.378 e. The molecule has 0 radical (unpaired) electrons. The van der Waals surface area contributed by atoms with Crippen molar-refractivity contribution < 1.29 is 9.53 Å². The number of rotatable bonds is 2. The van der Waals surface area contributed by atoms with E-state index < -0.39 is 0 Å². The highest BCUT2D eigenvalue weighted by Crippen LogP contribution is 2.21. The molecule has 0 N–H and O–H groups in total. The van der Waals surface area contributed by atoms with Crippen LogP contribution in [0.15, 0.2) is 36.7 Å². The van der Waals surface area contributed by atoms with Gasteiger partial charge in [0.15, 0.2) is 0 Å². The van der Waals surface area contributed by atoms with Crippen molar-refractivity contribution >= 4 is 11.7 Å². The highest BCUT2D eigenvalue weighted by molar-refractivity contribution is 5.93. The van der Waals surface area contributed by atoms with Gasteiger partial charge in [-0.05, 0) is 17.5 Å². The van der Waals surface area contributed by atoms with E-state index in [1.54, 1.807) is 6.07 Å². The number of aromatic nitrogens is 2. The van der Waals surface area contributed by atoms with Crippen molar-refractivity contribution in [1.82, 2.24) is 14.9 Å². The Hall–Kier alpha value is -2.47. The van der Waals surface area contributed by atoms with E-state index in [0.717, 1.165) is 31.9 Å². The minimum atomic E-state index is -0.0265. The second-order valence-corrected chi connectivity index (χ2v) is 6.11. The van der Waals surface area contributed by atoms with Crippen LogP contribution in [0.5, 0.6) is 0 Å². The summed E-state index contributed by atoms with van der Waals surface area (Å²) >= 11 is 0. The first-order valence-electron chi connectivity index (χ1n) is 8.32. The molecule has 0 spiro atoms. The molecule has 2 aliphatic heterocycles. The number of nitrogens with zero attached hydrogens (tertiary/aromatic N) is 4. The predicted molar refractivity (Wildman–Crippen MR) is 90.0 cm³/mol. The van der Waals surface area contributed by atoms with E-state index in [0.29, 0.717) is 25.5 Å². The van der Waals surface area contributed by atoms with Crippen molar-refractivity contribution in [2.45, 2.75) is 13.0 Å². The number of carbonyl (C=O) groups excluding carboxylic acids is 1. The van der Waals surface area contributed by atoms with Gasteiger partial charge in [-0.2, -0.15) is 0 Å². The summed E-state index contributed by atoms with van der Waals surface area (Å²) in [5.41, 5.74) is 3.02. The summed E-state index contributed by atoms with van der Waals surface area (Å²) < 4.78 is 5.37. The van der Waals surface area contributed by atoms with E-state index in [2.05, 4.69) is 33.1 Å². The molecular formula is C18H20N4O2. The Morgan fingerprint density at radius 3 is 2.67 bits per heavy atom. The van der Waals surface area contributed by atoms with Crippen LogP contribution in [-0.2, 0) is 17.7 Å². The topological polar surface area (TPSA) is 58.6 Å². The Balaban J connectivity index is 1.52. The van der Waals surface area contributed by atoms with Crippen molar-refractivity contribution in [1.29, 1.82) is 0 Å². The maximum Gasteiger partial charge on any atom is 0.272 e. The van der Waals surface area contributed by atoms with Crippen LogP contribution in [0.2, 0.25) is 0 Å². The predicted octanol–water partition coefficient (Wildman–Crippen LogP) is 1.51. The Morgan fingerprint density at radius 2 is 1.83 bits per heavy atom. The number of hydrogen-bond donors (Lipinski definition) is 0. The molecule has 1 amide bonds. The average molecular weight is 324 g/mol. The number of fused-ring (bicyclic) bond motifs is 1. The number of morpholine rings is 1. The zero-order valence-corrected chi connectivity index (χ0v) is 13.5. The molecule has 0 aliphatic carbocycles. The Bertz CT molecular complexity index is 743. The highest BCUT2D eigenvalue weighted by atomic mass is 16.5. The van der Waals surface area contributed by atoms with E-state index in [4.69, 9.17) is 4.74 Å². The third kappa shape index (κ3) is 2.97. The van der Waals surface area contributed by atoms with Gasteiger partial charge in [-0.25, -0.2) is 9.97 Å². The van der Waals surface area contributed by atoms with Crippen LogP contribution in [0, 0.1) is 0 Å². The molecule has 124 valence electrons. The van der Waals surface area contributed by atoms with Crippen molar-refractivity contribution in [2.75, 3.05) is 37.7 Å². The average Bonchev–Trinajstić information content (AvgIpc) is 2.68. The summed E-state index contributed by atoms with van der Waals surface area (Å²) in [4.78, 5) is 25.4. The fraction of sp³-hybridized carbons (Fsp3) is 0.389. The lowest BCUT2D eigenvalue weighted by atomic mass is 10.00. The van der Waals surface area contributed by atoms with Gasteiger partial charge < -0.3 is 14.5 Å². The molecule has 6 nitrogen and oxygen atoms in total. The SMILES string of the molecule is O=C(c1cc(N2CCOCC2)ncn1)N1CCc2ccccc2C1. The van der Waals surface area contributed by atoms with Gasteiger partial charge in [0.05, 0.1) is 13.2 Å². The molecule has 1 aromatic heterocycles. The largest absolute Gasteiger partial charge is 0.378 e. The van der Waals surface area contributed by atoms with Gasteiger partial charge in [-0.1, -0.05) is 24.3 Å². The van der Waals surface area contributed by atoms with Crippen LogP contribution in [0.4, 0.5) is 5.82 Å². The number of hydrogen-bond acceptors (Lipinski definition) is 5. The van der Waals surface area contributed by atoms with Gasteiger partial charge in [-0.3, -0.25) is 4.79 Å². The molecule has 24 heavy (non-hydrogen) atoms. The lowest BCUT2D eigenvalue weighted by molar-refractivity contribution is 0.0728. The number of carbonyl (C=O) groups is 1. The van der Waals surface area contributed by atoms with Gasteiger partial charge in [0, 0.05) is 32.2 Å². The van der Waals surface area contributed by atoms with Crippen LogP contribution in [0.25, 0.3) is 0 Å². The first-order chi connectivity index (χ1) is 11.8. The molecule has 0 unspecified atom stereocenters. The number of amides is 1. The molecule has 6 heteroatoms. The lowest BCUT2D eigenvalue weighted by Crippen LogP contribution is -2.38. The van der Waals surface area contributed by atoms with Crippen LogP contribution in [0.1, 0.15) is 21.6 Å². The quantitative estimate of drug-likeness (QED) is 0.838. The summed E-state index contributed by atoms with van der Waals surface area (Å²) in [6.45, 7) is 4.34. The summed E-state index contributed by atoms with van der Waals surface area (Å²) in [6.07, 6.45) is 2.37. The Kier molecular flexibility index (Phi) is 4.13. The lowest BCUT2D eigenvalue weighted by Gasteiger charge is -2.30. The van der Waals surface area contributed by atoms with Crippen molar-refractivity contribution in [3.8, 4) is 0 Å². The van der Waals surface area contributed by atoms with Crippen LogP contribution in [-0.4, -0.2) is 53.6 Å². The molecular weight excluding hydrogens is 304 g/mol. The first kappa shape index (κ1) is 15.1. The van der Waals surface area contributed by atoms with Crippen LogP contribution in [0.3, 0.4) is 0 Å². The third-order valence-electron chi connectivity index (χ3n) is 4.62. The fourth-order valence-corrected chi connectivity index (χ4v) is 3.26. The number of anilines is 1. The Labute approximate surface area is 141 Å². The van der Waals surface area contributed by atoms with Crippen LogP contribution >= 0.6 is 0 Å². The second-order valence-electron chi connectivity index (χ2n) is 6.11. The molecule has 4 rings (SSSR count). The maximum atomic E-state index is 12.8. The minimum absolute atomic E-state index is 0.0265. The molecule has 0 bridgehead atoms. The molecule has 1 aromatic carbocycles. The van der Waals surface area contributed by atoms with Crippen molar-refractivity contribution in [2.24, 2.45) is 0 Å². The molecule has 1 saturated heterocycles. The van der Waals surface area contributed by atoms with Gasteiger partial charge in [0.25, 0.3) is 5.91 Å². The first-order valence-corrected chi connectivity index (χ1v) is 8.32. The van der Waals surface area contributed by atoms with E-state index in [1.807, 2.05) is 11.0 Å². The number of benzene rings is 1. The third-order valence-corrected chi connectivity index (χ3v) is 4.62. The molecule has 3 heterocycles. The highest BCUT2D eigenvalue weighted by Gasteiger charge is 2.23. The zero-order valence-electron chi connectivity index (χ0n) is 13.5. The molecule has 0 atom stereocenters. The zero-order chi connectivity index (χ0) is 16.4. The monoisotopic (exact) mass is 324 g/mol. The molecule has 2 aliphatic rings. The summed E-state index contributed by atoms with van der Waals surface area (Å²) in [5, 5.41) is 0. The van der Waals surface area contributed by atoms with E-state index in [9.17, 15) is 4.79 Å². The summed E-state index contributed by atoms with van der Waals surface area (Å²) in [5.74, 6) is 0.774. The van der Waals surface area contributed by atoms with Gasteiger partial charge in [0.2, 0.25) is 0 Å². The van der Waals surface area contributed by atoms with Crippen LogP contribution < -0.4 is 4.90 Å². The number of ether oxygens (including phenoxy) is 1. The van der Waals surface area contributed by atoms with Gasteiger partial charge >= 0.3 is 0 Å². The van der Waals surface area contributed by atoms with Gasteiger partial charge in [-0.15, -0.1) is 0 Å². The van der Waals surface area contributed by atoms with Crippen molar-refractivity contribution in [3.63, 3.8) is 0 Å².